The zero-order chi connectivity index (χ0) is 17.7. The molecule has 5 aromatic rings. The highest BCUT2D eigenvalue weighted by Crippen LogP contribution is 2.29. The minimum Gasteiger partial charge on any atom is -0.356 e. The van der Waals surface area contributed by atoms with Crippen molar-refractivity contribution in [3.8, 4) is 0 Å². The van der Waals surface area contributed by atoms with Gasteiger partial charge < -0.3 is 4.52 Å². The van der Waals surface area contributed by atoms with Crippen LogP contribution in [0.4, 0.5) is 0 Å². The van der Waals surface area contributed by atoms with Crippen molar-refractivity contribution in [3.05, 3.63) is 89.6 Å². The van der Waals surface area contributed by atoms with Gasteiger partial charge in [0.15, 0.2) is 11.3 Å². The van der Waals surface area contributed by atoms with Gasteiger partial charge in [0.1, 0.15) is 0 Å². The van der Waals surface area contributed by atoms with Gasteiger partial charge in [0, 0.05) is 5.56 Å². The van der Waals surface area contributed by atoms with Gasteiger partial charge in [-0.05, 0) is 52.7 Å². The molecular weight excluding hydrogens is 322 g/mol. The number of hydrogen-bond acceptors (Lipinski definition) is 3. The van der Waals surface area contributed by atoms with Gasteiger partial charge in [-0.25, -0.2) is 0 Å². The molecule has 0 saturated carbocycles. The Balaban J connectivity index is 1.71. The normalized spacial score (nSPS) is 11.4. The maximum absolute atomic E-state index is 12.9. The van der Waals surface area contributed by atoms with E-state index in [0.29, 0.717) is 16.8 Å². The van der Waals surface area contributed by atoms with Crippen molar-refractivity contribution in [1.82, 2.24) is 5.16 Å². The molecule has 3 heteroatoms. The molecule has 5 rings (SSSR count). The maximum Gasteiger partial charge on any atom is 0.215 e. The number of carbonyl (C=O) groups is 1. The van der Waals surface area contributed by atoms with Crippen LogP contribution >= 0.6 is 0 Å². The van der Waals surface area contributed by atoms with Gasteiger partial charge in [-0.3, -0.25) is 4.79 Å². The average Bonchev–Trinajstić information content (AvgIpc) is 3.07. The molecule has 0 saturated heterocycles. The molecule has 124 valence electrons. The first kappa shape index (κ1) is 14.8. The summed E-state index contributed by atoms with van der Waals surface area (Å²) in [4.78, 5) is 12.9. The summed E-state index contributed by atoms with van der Waals surface area (Å²) < 4.78 is 5.46. The van der Waals surface area contributed by atoms with Gasteiger partial charge in [-0.2, -0.15) is 0 Å². The van der Waals surface area contributed by atoms with Crippen LogP contribution in [0.2, 0.25) is 0 Å². The van der Waals surface area contributed by atoms with E-state index in [4.69, 9.17) is 4.52 Å². The van der Waals surface area contributed by atoms with E-state index in [1.165, 1.54) is 10.8 Å². The summed E-state index contributed by atoms with van der Waals surface area (Å²) in [6.45, 7) is 2.00. The number of nitrogens with zero attached hydrogens (tertiary/aromatic N) is 1. The molecule has 1 heterocycles. The molecule has 0 aliphatic carbocycles. The second kappa shape index (κ2) is 5.53. The van der Waals surface area contributed by atoms with Crippen LogP contribution in [0.5, 0.6) is 0 Å². The minimum atomic E-state index is -0.121. The third-order valence-electron chi connectivity index (χ3n) is 4.82. The SMILES string of the molecule is Cc1ccc(C(=O)c2noc3cc4cc5ccccc5cc4cc23)cc1. The number of aryl methyl sites for hydroxylation is 1. The molecule has 0 aliphatic heterocycles. The van der Waals surface area contributed by atoms with Crippen molar-refractivity contribution >= 4 is 38.3 Å². The van der Waals surface area contributed by atoms with E-state index < -0.39 is 0 Å². The highest BCUT2D eigenvalue weighted by atomic mass is 16.5. The summed E-state index contributed by atoms with van der Waals surface area (Å²) in [6.07, 6.45) is 0. The summed E-state index contributed by atoms with van der Waals surface area (Å²) in [5.74, 6) is -0.121. The standard InChI is InChI=1S/C23H15NO2/c1-14-6-8-15(9-7-14)23(25)22-20-12-18-10-16-4-2-3-5-17(16)11-19(18)13-21(20)26-24-22/h2-13H,1H3. The zero-order valence-electron chi connectivity index (χ0n) is 14.2. The van der Waals surface area contributed by atoms with Crippen molar-refractivity contribution < 1.29 is 9.32 Å². The topological polar surface area (TPSA) is 43.1 Å². The van der Waals surface area contributed by atoms with E-state index in [1.54, 1.807) is 0 Å². The number of rotatable bonds is 2. The molecule has 0 radical (unpaired) electrons. The Bertz CT molecular complexity index is 1300. The summed E-state index contributed by atoms with van der Waals surface area (Å²) in [6, 6.07) is 24.0. The van der Waals surface area contributed by atoms with E-state index >= 15 is 0 Å². The summed E-state index contributed by atoms with van der Waals surface area (Å²) in [7, 11) is 0. The molecule has 0 aliphatic rings. The van der Waals surface area contributed by atoms with Crippen LogP contribution in [0.25, 0.3) is 32.5 Å². The lowest BCUT2D eigenvalue weighted by atomic mass is 9.99. The molecule has 0 spiro atoms. The first-order valence-electron chi connectivity index (χ1n) is 8.52. The van der Waals surface area contributed by atoms with Gasteiger partial charge >= 0.3 is 0 Å². The maximum atomic E-state index is 12.9. The van der Waals surface area contributed by atoms with Crippen LogP contribution in [0.1, 0.15) is 21.6 Å². The van der Waals surface area contributed by atoms with Crippen LogP contribution in [0.3, 0.4) is 0 Å². The second-order valence-corrected chi connectivity index (χ2v) is 6.62. The smallest absolute Gasteiger partial charge is 0.215 e. The van der Waals surface area contributed by atoms with Gasteiger partial charge in [0.25, 0.3) is 0 Å². The Morgan fingerprint density at radius 3 is 2.15 bits per heavy atom. The van der Waals surface area contributed by atoms with E-state index in [-0.39, 0.29) is 5.78 Å². The molecule has 0 unspecified atom stereocenters. The Kier molecular flexibility index (Phi) is 3.16. The van der Waals surface area contributed by atoms with Crippen LogP contribution in [-0.2, 0) is 0 Å². The number of aromatic nitrogens is 1. The fraction of sp³-hybridized carbons (Fsp3) is 0.0435. The fourth-order valence-electron chi connectivity index (χ4n) is 3.38. The molecule has 0 fully saturated rings. The third kappa shape index (κ3) is 2.29. The Hall–Kier alpha value is -3.46. The first-order valence-corrected chi connectivity index (χ1v) is 8.52. The molecule has 0 atom stereocenters. The molecule has 1 aromatic heterocycles. The summed E-state index contributed by atoms with van der Waals surface area (Å²) >= 11 is 0. The number of benzene rings is 4. The van der Waals surface area contributed by atoms with Crippen LogP contribution in [0, 0.1) is 6.92 Å². The van der Waals surface area contributed by atoms with Crippen molar-refractivity contribution in [3.63, 3.8) is 0 Å². The molecule has 4 aromatic carbocycles. The number of fused-ring (bicyclic) bond motifs is 3. The molecule has 0 N–H and O–H groups in total. The van der Waals surface area contributed by atoms with Crippen molar-refractivity contribution in [1.29, 1.82) is 0 Å². The number of ketones is 1. The van der Waals surface area contributed by atoms with Crippen molar-refractivity contribution in [2.45, 2.75) is 6.92 Å². The minimum absolute atomic E-state index is 0.121. The first-order chi connectivity index (χ1) is 12.7. The van der Waals surface area contributed by atoms with Gasteiger partial charge in [-0.1, -0.05) is 59.3 Å². The predicted molar refractivity (Wildman–Crippen MR) is 104 cm³/mol. The van der Waals surface area contributed by atoms with Crippen molar-refractivity contribution in [2.24, 2.45) is 0 Å². The van der Waals surface area contributed by atoms with Crippen LogP contribution in [-0.4, -0.2) is 10.9 Å². The monoisotopic (exact) mass is 337 g/mol. The number of hydrogen-bond donors (Lipinski definition) is 0. The lowest BCUT2D eigenvalue weighted by molar-refractivity contribution is 0.103. The second-order valence-electron chi connectivity index (χ2n) is 6.62. The number of carbonyl (C=O) groups excluding carboxylic acids is 1. The van der Waals surface area contributed by atoms with Gasteiger partial charge in [0.05, 0.1) is 5.39 Å². The lowest BCUT2D eigenvalue weighted by Crippen LogP contribution is -2.02. The van der Waals surface area contributed by atoms with E-state index in [9.17, 15) is 4.79 Å². The molecule has 0 bridgehead atoms. The summed E-state index contributed by atoms with van der Waals surface area (Å²) in [5, 5.41) is 9.29. The molecule has 3 nitrogen and oxygen atoms in total. The highest BCUT2D eigenvalue weighted by molar-refractivity contribution is 6.16. The predicted octanol–water partition coefficient (Wildman–Crippen LogP) is 5.67. The molecule has 26 heavy (non-hydrogen) atoms. The van der Waals surface area contributed by atoms with Crippen molar-refractivity contribution in [2.75, 3.05) is 0 Å². The van der Waals surface area contributed by atoms with E-state index in [1.807, 2.05) is 55.5 Å². The average molecular weight is 337 g/mol. The Labute approximate surface area is 149 Å². The van der Waals surface area contributed by atoms with Crippen LogP contribution in [0.15, 0.2) is 77.3 Å². The third-order valence-corrected chi connectivity index (χ3v) is 4.82. The highest BCUT2D eigenvalue weighted by Gasteiger charge is 2.18. The van der Waals surface area contributed by atoms with Gasteiger partial charge in [0.2, 0.25) is 5.78 Å². The zero-order valence-corrected chi connectivity index (χ0v) is 14.2. The lowest BCUT2D eigenvalue weighted by Gasteiger charge is -2.03. The Morgan fingerprint density at radius 2 is 1.46 bits per heavy atom. The summed E-state index contributed by atoms with van der Waals surface area (Å²) in [5.41, 5.74) is 2.72. The van der Waals surface area contributed by atoms with E-state index in [2.05, 4.69) is 29.4 Å². The molecule has 0 amide bonds. The fourth-order valence-corrected chi connectivity index (χ4v) is 3.38. The van der Waals surface area contributed by atoms with Crippen LogP contribution < -0.4 is 0 Å². The quantitative estimate of drug-likeness (QED) is 0.308. The Morgan fingerprint density at radius 1 is 0.808 bits per heavy atom. The molecular formula is C23H15NO2. The largest absolute Gasteiger partial charge is 0.356 e. The van der Waals surface area contributed by atoms with Gasteiger partial charge in [-0.15, -0.1) is 0 Å². The van der Waals surface area contributed by atoms with E-state index in [0.717, 1.165) is 21.7 Å².